The van der Waals surface area contributed by atoms with E-state index in [0.717, 1.165) is 16.2 Å². The third-order valence-corrected chi connectivity index (χ3v) is 0. The summed E-state index contributed by atoms with van der Waals surface area (Å²) in [6.45, 7) is 0. The summed E-state index contributed by atoms with van der Waals surface area (Å²) >= 11 is 0. The van der Waals surface area contributed by atoms with Crippen LogP contribution in [0.4, 0.5) is 0 Å². The molecule has 0 rings (SSSR count). The summed E-state index contributed by atoms with van der Waals surface area (Å²) in [5.41, 5.74) is 0. The van der Waals surface area contributed by atoms with Crippen LogP contribution in [0.25, 0.3) is 0 Å². The van der Waals surface area contributed by atoms with Crippen molar-refractivity contribution in [1.29, 1.82) is 0 Å². The summed E-state index contributed by atoms with van der Waals surface area (Å²) in [6, 6.07) is 0. The predicted molar refractivity (Wildman–Crippen MR) is 31.8 cm³/mol. The van der Waals surface area contributed by atoms with E-state index in [-0.39, 0.29) is 17.6 Å². The Kier molecular flexibility index (Phi) is 20.3. The van der Waals surface area contributed by atoms with Gasteiger partial charge in [0.05, 0.1) is 7.85 Å². The molecule has 0 saturated heterocycles. The first-order valence-corrected chi connectivity index (χ1v) is 2.53. The fourth-order valence-corrected chi connectivity index (χ4v) is 0. The topological polar surface area (TPSA) is 0 Å². The monoisotopic (exact) mass is 134 g/mol. The maximum atomic E-state index is 4.91. The number of hydrogen-bond donors (Lipinski definition) is 0. The van der Waals surface area contributed by atoms with Gasteiger partial charge in [0.25, 0.3) is 0 Å². The van der Waals surface area contributed by atoms with Gasteiger partial charge >= 0.3 is 17.6 Å². The standard InChI is InChI=1S/CH5BSi.GeH4/c2-1-3;/h1H2,3H3;1H4. The van der Waals surface area contributed by atoms with Crippen molar-refractivity contribution < 1.29 is 0 Å². The van der Waals surface area contributed by atoms with Gasteiger partial charge in [-0.15, -0.1) is 0 Å². The van der Waals surface area contributed by atoms with Crippen LogP contribution < -0.4 is 0 Å². The molecule has 0 aromatic heterocycles. The van der Waals surface area contributed by atoms with Gasteiger partial charge in [-0.05, 0) is 10.2 Å². The zero-order valence-electron chi connectivity index (χ0n) is 2.28. The summed E-state index contributed by atoms with van der Waals surface area (Å²) in [7, 11) is 6.06. The molecule has 0 fully saturated rings. The first-order valence-electron chi connectivity index (χ1n) is 1.12. The molecule has 0 atom stereocenters. The number of hydrogen-bond acceptors (Lipinski definition) is 0. The molecule has 2 radical (unpaired) electrons. The van der Waals surface area contributed by atoms with Crippen LogP contribution in [0, 0.1) is 0 Å². The van der Waals surface area contributed by atoms with Crippen molar-refractivity contribution in [2.45, 2.75) is 5.94 Å². The normalized spacial score (nSPS) is 5.00. The SMILES string of the molecule is [B]C[SiH3].[GeH4]. The van der Waals surface area contributed by atoms with Crippen LogP contribution in [-0.4, -0.2) is 35.7 Å². The fraction of sp³-hybridized carbons (Fsp3) is 1.00. The van der Waals surface area contributed by atoms with Crippen molar-refractivity contribution in [3.05, 3.63) is 0 Å². The second kappa shape index (κ2) is 9.17. The van der Waals surface area contributed by atoms with Crippen molar-refractivity contribution in [2.24, 2.45) is 0 Å². The Labute approximate surface area is 42.2 Å². The molecule has 0 N–H and O–H groups in total. The Balaban J connectivity index is 0. The van der Waals surface area contributed by atoms with Gasteiger partial charge in [0.1, 0.15) is 0 Å². The fourth-order valence-electron chi connectivity index (χ4n) is 0. The molecule has 4 heavy (non-hydrogen) atoms. The van der Waals surface area contributed by atoms with Crippen molar-refractivity contribution in [3.63, 3.8) is 0 Å². The molecule has 0 spiro atoms. The quantitative estimate of drug-likeness (QED) is 0.319. The molecule has 0 aromatic carbocycles. The van der Waals surface area contributed by atoms with Crippen LogP contribution in [0.15, 0.2) is 0 Å². The molecule has 3 heteroatoms. The molecular formula is CH9BGeSi. The molecule has 0 nitrogen and oxygen atoms in total. The van der Waals surface area contributed by atoms with E-state index in [1.807, 2.05) is 0 Å². The van der Waals surface area contributed by atoms with Gasteiger partial charge in [0, 0.05) is 0 Å². The van der Waals surface area contributed by atoms with Crippen LogP contribution in [0.5, 0.6) is 0 Å². The van der Waals surface area contributed by atoms with Crippen LogP contribution >= 0.6 is 0 Å². The van der Waals surface area contributed by atoms with Crippen molar-refractivity contribution in [1.82, 2.24) is 0 Å². The summed E-state index contributed by atoms with van der Waals surface area (Å²) in [5, 5.41) is 0. The first-order chi connectivity index (χ1) is 1.41. The zero-order chi connectivity index (χ0) is 2.71. The van der Waals surface area contributed by atoms with E-state index in [2.05, 4.69) is 0 Å². The predicted octanol–water partition coefficient (Wildman–Crippen LogP) is -2.56. The Morgan fingerprint density at radius 3 is 1.75 bits per heavy atom. The minimum atomic E-state index is 0. The Morgan fingerprint density at radius 2 is 1.75 bits per heavy atom. The maximum absolute atomic E-state index is 4.91. The van der Waals surface area contributed by atoms with E-state index >= 15 is 0 Å². The first kappa shape index (κ1) is 8.85. The van der Waals surface area contributed by atoms with E-state index in [9.17, 15) is 0 Å². The summed E-state index contributed by atoms with van der Waals surface area (Å²) in [6.07, 6.45) is 0. The average Bonchev–Trinajstić information content (AvgIpc) is 0.918. The van der Waals surface area contributed by atoms with E-state index in [0.29, 0.717) is 0 Å². The van der Waals surface area contributed by atoms with E-state index in [4.69, 9.17) is 7.85 Å². The molecule has 0 amide bonds. The van der Waals surface area contributed by atoms with Gasteiger partial charge in [0.15, 0.2) is 0 Å². The van der Waals surface area contributed by atoms with Gasteiger partial charge < -0.3 is 0 Å². The summed E-state index contributed by atoms with van der Waals surface area (Å²) in [4.78, 5) is 0. The molecular weight excluding hydrogens is 124 g/mol. The molecule has 0 unspecified atom stereocenters. The second-order valence-electron chi connectivity index (χ2n) is 0.408. The number of rotatable bonds is 0. The van der Waals surface area contributed by atoms with Gasteiger partial charge in [-0.25, -0.2) is 0 Å². The third-order valence-electron chi connectivity index (χ3n) is 0. The molecule has 0 heterocycles. The molecule has 0 aliphatic carbocycles. The van der Waals surface area contributed by atoms with Crippen molar-refractivity contribution in [2.75, 3.05) is 0 Å². The zero-order valence-corrected chi connectivity index (χ0v) is 4.28. The van der Waals surface area contributed by atoms with Crippen LogP contribution in [0.3, 0.4) is 0 Å². The average molecular weight is 133 g/mol. The Hall–Kier alpha value is 0.825. The molecule has 0 aromatic rings. The van der Waals surface area contributed by atoms with E-state index in [1.54, 1.807) is 0 Å². The van der Waals surface area contributed by atoms with Gasteiger partial charge in [-0.2, -0.15) is 0 Å². The Bertz CT molecular complexity index is 8.00. The molecule has 24 valence electrons. The van der Waals surface area contributed by atoms with Gasteiger partial charge in [-0.1, -0.05) is 5.94 Å². The van der Waals surface area contributed by atoms with Crippen LogP contribution in [0.2, 0.25) is 5.94 Å². The Morgan fingerprint density at radius 1 is 1.75 bits per heavy atom. The molecule has 0 bridgehead atoms. The third kappa shape index (κ3) is 13.8. The summed E-state index contributed by atoms with van der Waals surface area (Å²) < 4.78 is 0. The van der Waals surface area contributed by atoms with Crippen molar-refractivity contribution in [3.8, 4) is 0 Å². The van der Waals surface area contributed by atoms with E-state index in [1.165, 1.54) is 0 Å². The molecule has 0 saturated carbocycles. The summed E-state index contributed by atoms with van der Waals surface area (Å²) in [5.74, 6) is 0.889. The molecule has 0 aliphatic rings. The second-order valence-corrected chi connectivity index (χ2v) is 1.22. The van der Waals surface area contributed by atoms with Crippen LogP contribution in [-0.2, 0) is 0 Å². The van der Waals surface area contributed by atoms with Crippen molar-refractivity contribution >= 4 is 35.7 Å². The van der Waals surface area contributed by atoms with Gasteiger partial charge in [0.2, 0.25) is 0 Å². The molecule has 0 aliphatic heterocycles. The van der Waals surface area contributed by atoms with Crippen LogP contribution in [0.1, 0.15) is 0 Å². The van der Waals surface area contributed by atoms with E-state index < -0.39 is 0 Å². The minimum absolute atomic E-state index is 0. The van der Waals surface area contributed by atoms with Gasteiger partial charge in [-0.3, -0.25) is 0 Å².